The number of methoxy groups -OCH3 is 1. The van der Waals surface area contributed by atoms with Gasteiger partial charge < -0.3 is 10.1 Å². The molecule has 2 aromatic rings. The Bertz CT molecular complexity index is 640. The first-order chi connectivity index (χ1) is 9.68. The van der Waals surface area contributed by atoms with Gasteiger partial charge in [-0.2, -0.15) is 0 Å². The van der Waals surface area contributed by atoms with E-state index in [4.69, 9.17) is 4.74 Å². The average Bonchev–Trinajstić information content (AvgIpc) is 3.28. The summed E-state index contributed by atoms with van der Waals surface area (Å²) in [6.45, 7) is 0. The van der Waals surface area contributed by atoms with Gasteiger partial charge in [-0.15, -0.1) is 12.4 Å². The molecule has 3 rings (SSSR count). The van der Waals surface area contributed by atoms with Gasteiger partial charge in [0, 0.05) is 17.2 Å². The zero-order chi connectivity index (χ0) is 14.2. The number of nitrogens with one attached hydrogen (secondary N) is 1. The molecular formula is C17H19ClFNO. The van der Waals surface area contributed by atoms with E-state index in [1.54, 1.807) is 19.2 Å². The molecule has 1 aliphatic carbocycles. The van der Waals surface area contributed by atoms with Crippen LogP contribution in [0.1, 0.15) is 18.4 Å². The van der Waals surface area contributed by atoms with Crippen LogP contribution < -0.4 is 10.1 Å². The highest BCUT2D eigenvalue weighted by molar-refractivity contribution is 5.85. The molecule has 0 aliphatic heterocycles. The van der Waals surface area contributed by atoms with E-state index in [1.165, 1.54) is 11.6 Å². The Labute approximate surface area is 130 Å². The normalized spacial score (nSPS) is 15.2. The van der Waals surface area contributed by atoms with Gasteiger partial charge in [0.25, 0.3) is 0 Å². The first-order valence-electron chi connectivity index (χ1n) is 6.82. The van der Waals surface area contributed by atoms with Crippen LogP contribution in [0.3, 0.4) is 0 Å². The van der Waals surface area contributed by atoms with Crippen molar-refractivity contribution in [3.63, 3.8) is 0 Å². The first kappa shape index (κ1) is 15.8. The molecule has 2 aromatic carbocycles. The SMILES string of the molecule is CNC1(c2cccc(-c3ccc(OC)cc3F)c2)CC1.Cl. The summed E-state index contributed by atoms with van der Waals surface area (Å²) in [6, 6.07) is 13.1. The van der Waals surface area contributed by atoms with Gasteiger partial charge >= 0.3 is 0 Å². The Hall–Kier alpha value is -1.58. The summed E-state index contributed by atoms with van der Waals surface area (Å²) in [5.74, 6) is 0.284. The van der Waals surface area contributed by atoms with E-state index in [1.807, 2.05) is 19.2 Å². The average molecular weight is 308 g/mol. The van der Waals surface area contributed by atoms with Crippen LogP contribution in [0.2, 0.25) is 0 Å². The number of rotatable bonds is 4. The fraction of sp³-hybridized carbons (Fsp3) is 0.294. The molecule has 0 aromatic heterocycles. The second-order valence-electron chi connectivity index (χ2n) is 5.26. The van der Waals surface area contributed by atoms with Gasteiger partial charge in [0.1, 0.15) is 11.6 Å². The van der Waals surface area contributed by atoms with Crippen molar-refractivity contribution in [3.05, 3.63) is 53.8 Å². The van der Waals surface area contributed by atoms with Crippen LogP contribution in [0.5, 0.6) is 5.75 Å². The maximum Gasteiger partial charge on any atom is 0.134 e. The van der Waals surface area contributed by atoms with Crippen LogP contribution in [0.25, 0.3) is 11.1 Å². The van der Waals surface area contributed by atoms with Gasteiger partial charge in [-0.25, -0.2) is 4.39 Å². The Balaban J connectivity index is 0.00000161. The molecule has 0 spiro atoms. The molecule has 1 N–H and O–H groups in total. The summed E-state index contributed by atoms with van der Waals surface area (Å²) in [5.41, 5.74) is 2.84. The molecule has 0 amide bonds. The highest BCUT2D eigenvalue weighted by Gasteiger charge is 2.42. The predicted octanol–water partition coefficient (Wildman–Crippen LogP) is 4.13. The molecule has 1 aliphatic rings. The zero-order valence-electron chi connectivity index (χ0n) is 12.2. The van der Waals surface area contributed by atoms with Crippen molar-refractivity contribution < 1.29 is 9.13 Å². The standard InChI is InChI=1S/C17H18FNO.ClH/c1-19-17(8-9-17)13-5-3-4-12(10-13)15-7-6-14(20-2)11-16(15)18;/h3-7,10-11,19H,8-9H2,1-2H3;1H. The number of hydrogen-bond acceptors (Lipinski definition) is 2. The monoisotopic (exact) mass is 307 g/mol. The number of ether oxygens (including phenoxy) is 1. The number of hydrogen-bond donors (Lipinski definition) is 1. The molecule has 2 nitrogen and oxygen atoms in total. The van der Waals surface area contributed by atoms with Crippen molar-refractivity contribution >= 4 is 12.4 Å². The smallest absolute Gasteiger partial charge is 0.134 e. The topological polar surface area (TPSA) is 21.3 Å². The predicted molar refractivity (Wildman–Crippen MR) is 85.6 cm³/mol. The van der Waals surface area contributed by atoms with E-state index in [0.717, 1.165) is 18.4 Å². The number of halogens is 2. The molecular weight excluding hydrogens is 289 g/mol. The Morgan fingerprint density at radius 2 is 1.90 bits per heavy atom. The molecule has 0 atom stereocenters. The fourth-order valence-corrected chi connectivity index (χ4v) is 2.65. The lowest BCUT2D eigenvalue weighted by Gasteiger charge is -2.16. The summed E-state index contributed by atoms with van der Waals surface area (Å²) in [6.07, 6.45) is 2.27. The van der Waals surface area contributed by atoms with E-state index in [0.29, 0.717) is 11.3 Å². The van der Waals surface area contributed by atoms with E-state index >= 15 is 0 Å². The molecule has 0 heterocycles. The third-order valence-electron chi connectivity index (χ3n) is 4.13. The second-order valence-corrected chi connectivity index (χ2v) is 5.26. The minimum absolute atomic E-state index is 0. The van der Waals surface area contributed by atoms with Crippen molar-refractivity contribution in [2.75, 3.05) is 14.2 Å². The van der Waals surface area contributed by atoms with Crippen molar-refractivity contribution in [2.24, 2.45) is 0 Å². The van der Waals surface area contributed by atoms with E-state index in [2.05, 4.69) is 17.4 Å². The van der Waals surface area contributed by atoms with E-state index < -0.39 is 0 Å². The zero-order valence-corrected chi connectivity index (χ0v) is 13.0. The summed E-state index contributed by atoms with van der Waals surface area (Å²) < 4.78 is 19.2. The van der Waals surface area contributed by atoms with Gasteiger partial charge in [-0.3, -0.25) is 0 Å². The maximum absolute atomic E-state index is 14.2. The molecule has 21 heavy (non-hydrogen) atoms. The summed E-state index contributed by atoms with van der Waals surface area (Å²) in [5, 5.41) is 3.37. The lowest BCUT2D eigenvalue weighted by molar-refractivity contribution is 0.411. The summed E-state index contributed by atoms with van der Waals surface area (Å²) in [7, 11) is 3.52. The highest BCUT2D eigenvalue weighted by atomic mass is 35.5. The first-order valence-corrected chi connectivity index (χ1v) is 6.82. The van der Waals surface area contributed by atoms with Crippen LogP contribution in [0.15, 0.2) is 42.5 Å². The van der Waals surface area contributed by atoms with E-state index in [9.17, 15) is 4.39 Å². The van der Waals surface area contributed by atoms with Crippen LogP contribution >= 0.6 is 12.4 Å². The van der Waals surface area contributed by atoms with Crippen LogP contribution in [-0.2, 0) is 5.54 Å². The van der Waals surface area contributed by atoms with Crippen LogP contribution in [0, 0.1) is 5.82 Å². The number of benzene rings is 2. The quantitative estimate of drug-likeness (QED) is 0.917. The maximum atomic E-state index is 14.2. The molecule has 0 radical (unpaired) electrons. The van der Waals surface area contributed by atoms with Crippen molar-refractivity contribution in [3.8, 4) is 16.9 Å². The third-order valence-corrected chi connectivity index (χ3v) is 4.13. The minimum atomic E-state index is -0.254. The van der Waals surface area contributed by atoms with Crippen molar-refractivity contribution in [1.29, 1.82) is 0 Å². The lowest BCUT2D eigenvalue weighted by Crippen LogP contribution is -2.24. The van der Waals surface area contributed by atoms with Gasteiger partial charge in [0.05, 0.1) is 7.11 Å². The van der Waals surface area contributed by atoms with Gasteiger partial charge in [-0.1, -0.05) is 18.2 Å². The highest BCUT2D eigenvalue weighted by Crippen LogP contribution is 2.45. The summed E-state index contributed by atoms with van der Waals surface area (Å²) in [4.78, 5) is 0. The minimum Gasteiger partial charge on any atom is -0.497 e. The second kappa shape index (κ2) is 6.04. The van der Waals surface area contributed by atoms with Crippen molar-refractivity contribution in [2.45, 2.75) is 18.4 Å². The van der Waals surface area contributed by atoms with Gasteiger partial charge in [0.15, 0.2) is 0 Å². The van der Waals surface area contributed by atoms with Crippen LogP contribution in [-0.4, -0.2) is 14.2 Å². The molecule has 0 unspecified atom stereocenters. The molecule has 1 saturated carbocycles. The van der Waals surface area contributed by atoms with Gasteiger partial charge in [-0.05, 0) is 49.2 Å². The van der Waals surface area contributed by atoms with Crippen molar-refractivity contribution in [1.82, 2.24) is 5.32 Å². The Morgan fingerprint density at radius 3 is 2.48 bits per heavy atom. The van der Waals surface area contributed by atoms with Gasteiger partial charge in [0.2, 0.25) is 0 Å². The van der Waals surface area contributed by atoms with Crippen LogP contribution in [0.4, 0.5) is 4.39 Å². The van der Waals surface area contributed by atoms with E-state index in [-0.39, 0.29) is 23.8 Å². The molecule has 0 bridgehead atoms. The largest absolute Gasteiger partial charge is 0.497 e. The Morgan fingerprint density at radius 1 is 1.14 bits per heavy atom. The fourth-order valence-electron chi connectivity index (χ4n) is 2.65. The summed E-state index contributed by atoms with van der Waals surface area (Å²) >= 11 is 0. The molecule has 112 valence electrons. The molecule has 1 fully saturated rings. The lowest BCUT2D eigenvalue weighted by atomic mass is 9.98. The molecule has 4 heteroatoms. The third kappa shape index (κ3) is 2.89. The Kier molecular flexibility index (Phi) is 4.55. The molecule has 0 saturated heterocycles.